The Labute approximate surface area is 122 Å². The molecular formula is C15H19N3O3. The molecule has 1 aromatic carbocycles. The highest BCUT2D eigenvalue weighted by Crippen LogP contribution is 2.30. The van der Waals surface area contributed by atoms with Gasteiger partial charge in [-0.1, -0.05) is 0 Å². The molecule has 3 rings (SSSR count). The monoisotopic (exact) mass is 289 g/mol. The second kappa shape index (κ2) is 5.73. The molecular weight excluding hydrogens is 270 g/mol. The Morgan fingerprint density at radius 1 is 1.33 bits per heavy atom. The summed E-state index contributed by atoms with van der Waals surface area (Å²) >= 11 is 0. The predicted octanol–water partition coefficient (Wildman–Crippen LogP) is 1.26. The highest BCUT2D eigenvalue weighted by atomic mass is 16.5. The van der Waals surface area contributed by atoms with E-state index in [1.807, 2.05) is 19.1 Å². The van der Waals surface area contributed by atoms with Gasteiger partial charge in [-0.05, 0) is 13.0 Å². The normalized spacial score (nSPS) is 15.4. The zero-order chi connectivity index (χ0) is 14.8. The van der Waals surface area contributed by atoms with E-state index in [0.717, 1.165) is 43.0 Å². The summed E-state index contributed by atoms with van der Waals surface area (Å²) in [5, 5.41) is 0. The van der Waals surface area contributed by atoms with E-state index < -0.39 is 0 Å². The molecule has 1 fully saturated rings. The van der Waals surface area contributed by atoms with Crippen molar-refractivity contribution in [2.45, 2.75) is 13.5 Å². The summed E-state index contributed by atoms with van der Waals surface area (Å²) < 4.78 is 12.6. The third kappa shape index (κ3) is 2.47. The SMILES string of the molecule is CCn1c(=O)cnc2cc(N3CCOCC3)cc(OC)c21. The second-order valence-corrected chi connectivity index (χ2v) is 4.96. The van der Waals surface area contributed by atoms with E-state index in [-0.39, 0.29) is 5.56 Å². The minimum Gasteiger partial charge on any atom is -0.494 e. The first kappa shape index (κ1) is 13.9. The average molecular weight is 289 g/mol. The van der Waals surface area contributed by atoms with Crippen molar-refractivity contribution in [3.63, 3.8) is 0 Å². The molecule has 0 atom stereocenters. The fraction of sp³-hybridized carbons (Fsp3) is 0.467. The lowest BCUT2D eigenvalue weighted by atomic mass is 10.2. The number of hydrogen-bond donors (Lipinski definition) is 0. The molecule has 0 spiro atoms. The van der Waals surface area contributed by atoms with Crippen LogP contribution in [0.25, 0.3) is 11.0 Å². The number of morpholine rings is 1. The summed E-state index contributed by atoms with van der Waals surface area (Å²) in [6.45, 7) is 5.68. The number of nitrogens with zero attached hydrogens (tertiary/aromatic N) is 3. The molecule has 112 valence electrons. The Balaban J connectivity index is 2.18. The maximum absolute atomic E-state index is 11.9. The predicted molar refractivity (Wildman–Crippen MR) is 81.3 cm³/mol. The summed E-state index contributed by atoms with van der Waals surface area (Å²) in [5.74, 6) is 0.682. The maximum atomic E-state index is 11.9. The van der Waals surface area contributed by atoms with Crippen molar-refractivity contribution in [3.05, 3.63) is 28.7 Å². The van der Waals surface area contributed by atoms with Crippen molar-refractivity contribution in [2.24, 2.45) is 0 Å². The minimum atomic E-state index is -0.109. The van der Waals surface area contributed by atoms with Crippen LogP contribution in [-0.2, 0) is 11.3 Å². The van der Waals surface area contributed by atoms with Gasteiger partial charge in [0.05, 0.1) is 32.0 Å². The first-order chi connectivity index (χ1) is 10.2. The van der Waals surface area contributed by atoms with Crippen LogP contribution in [0, 0.1) is 0 Å². The van der Waals surface area contributed by atoms with Crippen LogP contribution in [0.4, 0.5) is 5.69 Å². The first-order valence-electron chi connectivity index (χ1n) is 7.15. The average Bonchev–Trinajstić information content (AvgIpc) is 2.54. The minimum absolute atomic E-state index is 0.109. The van der Waals surface area contributed by atoms with E-state index in [4.69, 9.17) is 9.47 Å². The van der Waals surface area contributed by atoms with Crippen LogP contribution >= 0.6 is 0 Å². The Hall–Kier alpha value is -2.08. The quantitative estimate of drug-likeness (QED) is 0.851. The summed E-state index contributed by atoms with van der Waals surface area (Å²) in [6, 6.07) is 3.98. The molecule has 0 aliphatic carbocycles. The van der Waals surface area contributed by atoms with Crippen LogP contribution in [-0.4, -0.2) is 43.0 Å². The number of methoxy groups -OCH3 is 1. The lowest BCUT2D eigenvalue weighted by Crippen LogP contribution is -2.36. The van der Waals surface area contributed by atoms with Crippen LogP contribution in [0.1, 0.15) is 6.92 Å². The van der Waals surface area contributed by atoms with Gasteiger partial charge in [0.25, 0.3) is 5.56 Å². The number of ether oxygens (including phenoxy) is 2. The fourth-order valence-electron chi connectivity index (χ4n) is 2.73. The Kier molecular flexibility index (Phi) is 3.79. The number of aryl methyl sites for hydroxylation is 1. The number of hydrogen-bond acceptors (Lipinski definition) is 5. The van der Waals surface area contributed by atoms with E-state index in [2.05, 4.69) is 9.88 Å². The van der Waals surface area contributed by atoms with Gasteiger partial charge in [0.2, 0.25) is 0 Å². The third-order valence-corrected chi connectivity index (χ3v) is 3.80. The topological polar surface area (TPSA) is 56.6 Å². The zero-order valence-electron chi connectivity index (χ0n) is 12.3. The lowest BCUT2D eigenvalue weighted by molar-refractivity contribution is 0.122. The highest BCUT2D eigenvalue weighted by Gasteiger charge is 2.16. The van der Waals surface area contributed by atoms with E-state index in [0.29, 0.717) is 12.3 Å². The zero-order valence-corrected chi connectivity index (χ0v) is 12.3. The van der Waals surface area contributed by atoms with Gasteiger partial charge >= 0.3 is 0 Å². The molecule has 6 nitrogen and oxygen atoms in total. The van der Waals surface area contributed by atoms with Crippen LogP contribution < -0.4 is 15.2 Å². The Morgan fingerprint density at radius 2 is 2.10 bits per heavy atom. The van der Waals surface area contributed by atoms with E-state index in [1.165, 1.54) is 6.20 Å². The lowest BCUT2D eigenvalue weighted by Gasteiger charge is -2.29. The van der Waals surface area contributed by atoms with Crippen LogP contribution in [0.15, 0.2) is 23.1 Å². The molecule has 0 bridgehead atoms. The van der Waals surface area contributed by atoms with Crippen molar-refractivity contribution in [2.75, 3.05) is 38.3 Å². The van der Waals surface area contributed by atoms with Crippen molar-refractivity contribution in [3.8, 4) is 5.75 Å². The molecule has 1 aliphatic rings. The van der Waals surface area contributed by atoms with Gasteiger partial charge in [0, 0.05) is 31.4 Å². The summed E-state index contributed by atoms with van der Waals surface area (Å²) in [5.41, 5.74) is 2.47. The molecule has 0 amide bonds. The molecule has 21 heavy (non-hydrogen) atoms. The molecule has 0 unspecified atom stereocenters. The maximum Gasteiger partial charge on any atom is 0.269 e. The fourth-order valence-corrected chi connectivity index (χ4v) is 2.73. The van der Waals surface area contributed by atoms with E-state index in [1.54, 1.807) is 11.7 Å². The molecule has 0 N–H and O–H groups in total. The summed E-state index contributed by atoms with van der Waals surface area (Å²) in [7, 11) is 1.62. The number of anilines is 1. The summed E-state index contributed by atoms with van der Waals surface area (Å²) in [6.07, 6.45) is 1.37. The van der Waals surface area contributed by atoms with Crippen molar-refractivity contribution in [1.29, 1.82) is 0 Å². The van der Waals surface area contributed by atoms with E-state index in [9.17, 15) is 4.79 Å². The molecule has 6 heteroatoms. The van der Waals surface area contributed by atoms with Crippen LogP contribution in [0.3, 0.4) is 0 Å². The molecule has 1 aromatic heterocycles. The molecule has 0 saturated carbocycles. The van der Waals surface area contributed by atoms with Gasteiger partial charge in [-0.3, -0.25) is 4.79 Å². The standard InChI is InChI=1S/C15H19N3O3/c1-3-18-14(19)10-16-12-8-11(9-13(20-2)15(12)18)17-4-6-21-7-5-17/h8-10H,3-7H2,1-2H3. The van der Waals surface area contributed by atoms with Crippen molar-refractivity contribution < 1.29 is 9.47 Å². The van der Waals surface area contributed by atoms with Gasteiger partial charge in [0.15, 0.2) is 0 Å². The Morgan fingerprint density at radius 3 is 2.76 bits per heavy atom. The number of aromatic nitrogens is 2. The second-order valence-electron chi connectivity index (χ2n) is 4.96. The van der Waals surface area contributed by atoms with Crippen LogP contribution in [0.5, 0.6) is 5.75 Å². The number of rotatable bonds is 3. The van der Waals surface area contributed by atoms with Gasteiger partial charge in [-0.15, -0.1) is 0 Å². The first-order valence-corrected chi connectivity index (χ1v) is 7.15. The molecule has 1 saturated heterocycles. The summed E-state index contributed by atoms with van der Waals surface area (Å²) in [4.78, 5) is 18.5. The van der Waals surface area contributed by atoms with Gasteiger partial charge in [-0.25, -0.2) is 4.98 Å². The van der Waals surface area contributed by atoms with Crippen LogP contribution in [0.2, 0.25) is 0 Å². The molecule has 2 heterocycles. The van der Waals surface area contributed by atoms with Crippen molar-refractivity contribution in [1.82, 2.24) is 9.55 Å². The van der Waals surface area contributed by atoms with Gasteiger partial charge < -0.3 is 18.9 Å². The molecule has 1 aliphatic heterocycles. The molecule has 2 aromatic rings. The third-order valence-electron chi connectivity index (χ3n) is 3.80. The molecule has 0 radical (unpaired) electrons. The van der Waals surface area contributed by atoms with Gasteiger partial charge in [-0.2, -0.15) is 0 Å². The largest absolute Gasteiger partial charge is 0.494 e. The number of fused-ring (bicyclic) bond motifs is 1. The smallest absolute Gasteiger partial charge is 0.269 e. The van der Waals surface area contributed by atoms with E-state index >= 15 is 0 Å². The van der Waals surface area contributed by atoms with Gasteiger partial charge in [0.1, 0.15) is 11.3 Å². The Bertz CT molecular complexity index is 705. The van der Waals surface area contributed by atoms with Crippen molar-refractivity contribution >= 4 is 16.7 Å². The highest BCUT2D eigenvalue weighted by molar-refractivity contribution is 5.85. The number of benzene rings is 1.